The molecule has 3 unspecified atom stereocenters. The van der Waals surface area contributed by atoms with Crippen LogP contribution in [0.5, 0.6) is 0 Å². The van der Waals surface area contributed by atoms with Crippen molar-refractivity contribution in [3.8, 4) is 0 Å². The zero-order chi connectivity index (χ0) is 29.9. The molecule has 234 valence electrons. The fourth-order valence-corrected chi connectivity index (χ4v) is 5.16. The Hall–Kier alpha value is -1.48. The van der Waals surface area contributed by atoms with Gasteiger partial charge in [-0.3, -0.25) is 9.35 Å². The first-order valence-electron chi connectivity index (χ1n) is 15.8. The van der Waals surface area contributed by atoms with E-state index < -0.39 is 40.0 Å². The summed E-state index contributed by atoms with van der Waals surface area (Å²) < 4.78 is 32.1. The molecule has 8 heteroatoms. The van der Waals surface area contributed by atoms with Gasteiger partial charge in [0.15, 0.2) is 0 Å². The molecule has 0 radical (unpaired) electrons. The Morgan fingerprint density at radius 3 is 1.75 bits per heavy atom. The van der Waals surface area contributed by atoms with Gasteiger partial charge in [-0.2, -0.15) is 8.42 Å². The fraction of sp³-hybridized carbons (Fsp3) is 0.781. The highest BCUT2D eigenvalue weighted by Gasteiger charge is 2.27. The Labute approximate surface area is 245 Å². The van der Waals surface area contributed by atoms with E-state index in [9.17, 15) is 28.0 Å². The molecule has 40 heavy (non-hydrogen) atoms. The third kappa shape index (κ3) is 25.5. The van der Waals surface area contributed by atoms with Crippen LogP contribution in [0.3, 0.4) is 0 Å². The van der Waals surface area contributed by atoms with Crippen LogP contribution >= 0.6 is 0 Å². The maximum absolute atomic E-state index is 12.4. The molecule has 7 nitrogen and oxygen atoms in total. The maximum Gasteiger partial charge on any atom is 0.267 e. The maximum atomic E-state index is 12.4. The van der Waals surface area contributed by atoms with Crippen LogP contribution < -0.4 is 5.32 Å². The largest absolute Gasteiger partial charge is 0.387 e. The van der Waals surface area contributed by atoms with Crippen molar-refractivity contribution in [2.24, 2.45) is 0 Å². The molecule has 0 aliphatic carbocycles. The lowest BCUT2D eigenvalue weighted by atomic mass is 10.0. The molecule has 0 rings (SSSR count). The van der Waals surface area contributed by atoms with Crippen LogP contribution in [0.25, 0.3) is 0 Å². The Kier molecular flexibility index (Phi) is 25.4. The summed E-state index contributed by atoms with van der Waals surface area (Å²) in [5.74, 6) is -1.55. The summed E-state index contributed by atoms with van der Waals surface area (Å²) in [4.78, 5) is 12.4. The van der Waals surface area contributed by atoms with Crippen molar-refractivity contribution in [2.45, 2.75) is 154 Å². The van der Waals surface area contributed by atoms with E-state index in [0.29, 0.717) is 6.42 Å². The smallest absolute Gasteiger partial charge is 0.267 e. The number of allylic oxidation sites excluding steroid dienone is 5. The first-order valence-corrected chi connectivity index (χ1v) is 17.4. The van der Waals surface area contributed by atoms with Crippen LogP contribution in [0.2, 0.25) is 0 Å². The molecule has 0 spiro atoms. The average molecular weight is 586 g/mol. The van der Waals surface area contributed by atoms with Gasteiger partial charge < -0.3 is 15.5 Å². The minimum absolute atomic E-state index is 0.267. The normalized spacial score (nSPS) is 14.8. The molecule has 1 amide bonds. The van der Waals surface area contributed by atoms with Gasteiger partial charge in [0, 0.05) is 0 Å². The van der Waals surface area contributed by atoms with Gasteiger partial charge in [0.05, 0.1) is 17.9 Å². The first-order chi connectivity index (χ1) is 19.2. The second-order valence-corrected chi connectivity index (χ2v) is 12.4. The van der Waals surface area contributed by atoms with E-state index in [2.05, 4.69) is 43.5 Å². The van der Waals surface area contributed by atoms with E-state index >= 15 is 0 Å². The van der Waals surface area contributed by atoms with Gasteiger partial charge in [0.1, 0.15) is 6.10 Å². The second kappa shape index (κ2) is 26.4. The summed E-state index contributed by atoms with van der Waals surface area (Å²) in [6.45, 7) is 4.37. The topological polar surface area (TPSA) is 124 Å². The predicted octanol–water partition coefficient (Wildman–Crippen LogP) is 7.20. The van der Waals surface area contributed by atoms with Crippen molar-refractivity contribution in [2.75, 3.05) is 5.75 Å². The summed E-state index contributed by atoms with van der Waals surface area (Å²) in [5, 5.41) is 23.1. The number of aliphatic hydroxyl groups excluding tert-OH is 2. The van der Waals surface area contributed by atoms with Crippen LogP contribution in [0, 0.1) is 0 Å². The van der Waals surface area contributed by atoms with Crippen LogP contribution in [0.15, 0.2) is 36.5 Å². The minimum Gasteiger partial charge on any atom is -0.387 e. The molecule has 0 heterocycles. The van der Waals surface area contributed by atoms with Gasteiger partial charge in [-0.05, 0) is 51.4 Å². The fourth-order valence-electron chi connectivity index (χ4n) is 4.42. The SMILES string of the molecule is CCCCC/C=C\C/C=C\CCCCCCCCC(O)C(=O)NC(CS(=O)(=O)O)C(O)/C=C/CCCCCCC. The number of carbonyl (C=O) groups excluding carboxylic acids is 1. The van der Waals surface area contributed by atoms with Crippen molar-refractivity contribution < 1.29 is 28.0 Å². The molecule has 0 aromatic carbocycles. The van der Waals surface area contributed by atoms with E-state index in [1.807, 2.05) is 0 Å². The zero-order valence-corrected chi connectivity index (χ0v) is 26.1. The number of unbranched alkanes of at least 4 members (excludes halogenated alkanes) is 14. The third-order valence-corrected chi connectivity index (χ3v) is 7.70. The highest BCUT2D eigenvalue weighted by atomic mass is 32.2. The van der Waals surface area contributed by atoms with Gasteiger partial charge in [-0.15, -0.1) is 0 Å². The lowest BCUT2D eigenvalue weighted by Crippen LogP contribution is -2.50. The van der Waals surface area contributed by atoms with Crippen molar-refractivity contribution in [1.29, 1.82) is 0 Å². The van der Waals surface area contributed by atoms with Gasteiger partial charge >= 0.3 is 0 Å². The van der Waals surface area contributed by atoms with Crippen molar-refractivity contribution >= 4 is 16.0 Å². The molecule has 0 aromatic heterocycles. The van der Waals surface area contributed by atoms with Crippen LogP contribution in [0.4, 0.5) is 0 Å². The molecule has 0 bridgehead atoms. The molecule has 0 fully saturated rings. The number of rotatable bonds is 27. The molecule has 0 saturated carbocycles. The van der Waals surface area contributed by atoms with Crippen LogP contribution in [-0.2, 0) is 14.9 Å². The lowest BCUT2D eigenvalue weighted by Gasteiger charge is -2.22. The molecular weight excluding hydrogens is 526 g/mol. The van der Waals surface area contributed by atoms with Crippen LogP contribution in [0.1, 0.15) is 136 Å². The number of amides is 1. The molecular formula is C32H59NO6S. The molecule has 0 saturated heterocycles. The molecule has 4 N–H and O–H groups in total. The van der Waals surface area contributed by atoms with Crippen molar-refractivity contribution in [3.05, 3.63) is 36.5 Å². The first kappa shape index (κ1) is 38.5. The highest BCUT2D eigenvalue weighted by Crippen LogP contribution is 2.12. The number of aliphatic hydroxyl groups is 2. The number of carbonyl (C=O) groups is 1. The van der Waals surface area contributed by atoms with Gasteiger partial charge in [0.25, 0.3) is 10.1 Å². The summed E-state index contributed by atoms with van der Waals surface area (Å²) in [7, 11) is -4.43. The second-order valence-electron chi connectivity index (χ2n) is 10.9. The Balaban J connectivity index is 4.15. The molecule has 0 aliphatic rings. The lowest BCUT2D eigenvalue weighted by molar-refractivity contribution is -0.130. The average Bonchev–Trinajstić information content (AvgIpc) is 2.90. The molecule has 0 aliphatic heterocycles. The minimum atomic E-state index is -4.43. The zero-order valence-electron chi connectivity index (χ0n) is 25.3. The van der Waals surface area contributed by atoms with E-state index in [-0.39, 0.29) is 6.42 Å². The van der Waals surface area contributed by atoms with E-state index in [4.69, 9.17) is 0 Å². The third-order valence-electron chi connectivity index (χ3n) is 6.92. The Morgan fingerprint density at radius 2 is 1.18 bits per heavy atom. The molecule has 0 aromatic rings. The number of nitrogens with one attached hydrogen (secondary N) is 1. The Bertz CT molecular complexity index is 793. The summed E-state index contributed by atoms with van der Waals surface area (Å²) >= 11 is 0. The summed E-state index contributed by atoms with van der Waals surface area (Å²) in [6.07, 6.45) is 29.4. The van der Waals surface area contributed by atoms with Gasteiger partial charge in [-0.25, -0.2) is 0 Å². The quantitative estimate of drug-likeness (QED) is 0.0459. The van der Waals surface area contributed by atoms with Gasteiger partial charge in [0.2, 0.25) is 5.91 Å². The summed E-state index contributed by atoms with van der Waals surface area (Å²) in [5.41, 5.74) is 0. The highest BCUT2D eigenvalue weighted by molar-refractivity contribution is 7.85. The van der Waals surface area contributed by atoms with Crippen LogP contribution in [-0.4, -0.2) is 53.1 Å². The molecule has 3 atom stereocenters. The van der Waals surface area contributed by atoms with E-state index in [1.165, 1.54) is 38.2 Å². The Morgan fingerprint density at radius 1 is 0.700 bits per heavy atom. The van der Waals surface area contributed by atoms with E-state index in [1.54, 1.807) is 6.08 Å². The van der Waals surface area contributed by atoms with Crippen molar-refractivity contribution in [1.82, 2.24) is 5.32 Å². The summed E-state index contributed by atoms with van der Waals surface area (Å²) in [6, 6.07) is -1.23. The number of hydrogen-bond donors (Lipinski definition) is 4. The predicted molar refractivity (Wildman–Crippen MR) is 167 cm³/mol. The van der Waals surface area contributed by atoms with Gasteiger partial charge in [-0.1, -0.05) is 121 Å². The van der Waals surface area contributed by atoms with E-state index in [0.717, 1.165) is 77.0 Å². The monoisotopic (exact) mass is 585 g/mol. The number of hydrogen-bond acceptors (Lipinski definition) is 5. The van der Waals surface area contributed by atoms with Crippen molar-refractivity contribution in [3.63, 3.8) is 0 Å². The standard InChI is InChI=1S/C32H59NO6S/c1-3-5-7-9-11-12-13-14-15-16-17-18-19-21-23-25-27-31(35)32(36)33-29(28-40(37,38)39)30(34)26-24-22-20-10-8-6-4-2/h11-12,14-15,24,26,29-31,34-35H,3-10,13,16-23,25,27-28H2,1-2H3,(H,33,36)(H,37,38,39)/b12-11-,15-14-,26-24+.